The third-order valence-corrected chi connectivity index (χ3v) is 4.22. The van der Waals surface area contributed by atoms with Crippen molar-refractivity contribution in [2.45, 2.75) is 51.6 Å². The molecule has 1 unspecified atom stereocenters. The van der Waals surface area contributed by atoms with Crippen molar-refractivity contribution in [3.8, 4) is 0 Å². The maximum atomic E-state index is 12.0. The molecular weight excluding hydrogens is 311 g/mol. The fourth-order valence-electron chi connectivity index (χ4n) is 3.00. The molecule has 2 rings (SSSR count). The van der Waals surface area contributed by atoms with Crippen LogP contribution in [0.2, 0.25) is 0 Å². The number of esters is 1. The summed E-state index contributed by atoms with van der Waals surface area (Å²) in [5.74, 6) is -0.534. The van der Waals surface area contributed by atoms with Crippen molar-refractivity contribution < 1.29 is 38.2 Å². The van der Waals surface area contributed by atoms with E-state index in [0.717, 1.165) is 30.4 Å². The second-order valence-corrected chi connectivity index (χ2v) is 5.86. The smallest absolute Gasteiger partial charge is 0.598 e. The first-order valence-corrected chi connectivity index (χ1v) is 8.62. The number of allylic oxidation sites excluding steroid dienone is 1. The van der Waals surface area contributed by atoms with E-state index >= 15 is 0 Å². The van der Waals surface area contributed by atoms with Crippen molar-refractivity contribution in [1.29, 1.82) is 0 Å². The van der Waals surface area contributed by atoms with Crippen LogP contribution in [-0.4, -0.2) is 12.6 Å². The molecule has 1 heterocycles. The number of unbranched alkanes of at least 4 members (excludes halogenated alkanes) is 1. The fourth-order valence-corrected chi connectivity index (χ4v) is 3.00. The van der Waals surface area contributed by atoms with Crippen molar-refractivity contribution >= 4 is 5.97 Å². The Balaban J connectivity index is 0.00000312. The average molecular weight is 336 g/mol. The van der Waals surface area contributed by atoms with Gasteiger partial charge in [-0.1, -0.05) is 49.8 Å². The normalized spacial score (nSPS) is 19.1. The SMILES string of the molecule is CCCCC1=C([O-])OC1(CC/C=C/C(=O)OCC)c1ccccc1.[Li+]. The number of hydrogen-bond acceptors (Lipinski definition) is 4. The topological polar surface area (TPSA) is 58.6 Å². The Hall–Kier alpha value is -1.63. The molecule has 0 radical (unpaired) electrons. The van der Waals surface area contributed by atoms with Crippen molar-refractivity contribution in [3.05, 3.63) is 59.6 Å². The van der Waals surface area contributed by atoms with Crippen molar-refractivity contribution in [2.75, 3.05) is 6.61 Å². The van der Waals surface area contributed by atoms with Gasteiger partial charge in [0, 0.05) is 6.08 Å². The first-order valence-electron chi connectivity index (χ1n) is 8.62. The molecule has 1 aromatic rings. The van der Waals surface area contributed by atoms with E-state index in [1.165, 1.54) is 6.08 Å². The summed E-state index contributed by atoms with van der Waals surface area (Å²) in [6.45, 7) is 4.25. The van der Waals surface area contributed by atoms with E-state index in [4.69, 9.17) is 9.47 Å². The number of benzene rings is 1. The van der Waals surface area contributed by atoms with E-state index in [0.29, 0.717) is 19.4 Å². The number of hydrogen-bond donors (Lipinski definition) is 0. The molecule has 4 nitrogen and oxygen atoms in total. The fraction of sp³-hybridized carbons (Fsp3) is 0.450. The first kappa shape index (κ1) is 21.4. The van der Waals surface area contributed by atoms with Gasteiger partial charge in [-0.15, -0.1) is 0 Å². The van der Waals surface area contributed by atoms with E-state index in [9.17, 15) is 9.90 Å². The van der Waals surface area contributed by atoms with Gasteiger partial charge in [-0.3, -0.25) is 0 Å². The molecule has 1 aliphatic heterocycles. The molecule has 1 aromatic carbocycles. The van der Waals surface area contributed by atoms with Gasteiger partial charge in [-0.2, -0.15) is 0 Å². The van der Waals surface area contributed by atoms with Crippen LogP contribution >= 0.6 is 0 Å². The zero-order valence-corrected chi connectivity index (χ0v) is 15.4. The van der Waals surface area contributed by atoms with Gasteiger partial charge in [0.25, 0.3) is 0 Å². The third kappa shape index (κ3) is 5.17. The summed E-state index contributed by atoms with van der Waals surface area (Å²) in [5, 5.41) is 12.0. The second-order valence-electron chi connectivity index (χ2n) is 5.86. The Morgan fingerprint density at radius 3 is 2.60 bits per heavy atom. The molecule has 0 fully saturated rings. The summed E-state index contributed by atoms with van der Waals surface area (Å²) >= 11 is 0. The Morgan fingerprint density at radius 1 is 1.28 bits per heavy atom. The molecular formula is C20H25LiO4. The summed E-state index contributed by atoms with van der Waals surface area (Å²) in [4.78, 5) is 11.4. The second kappa shape index (κ2) is 10.4. The summed E-state index contributed by atoms with van der Waals surface area (Å²) in [6, 6.07) is 9.84. The third-order valence-electron chi connectivity index (χ3n) is 4.22. The van der Waals surface area contributed by atoms with Crippen LogP contribution in [-0.2, 0) is 19.9 Å². The van der Waals surface area contributed by atoms with Crippen LogP contribution in [0, 0.1) is 0 Å². The van der Waals surface area contributed by atoms with Crippen molar-refractivity contribution in [1.82, 2.24) is 0 Å². The molecule has 25 heavy (non-hydrogen) atoms. The van der Waals surface area contributed by atoms with E-state index in [-0.39, 0.29) is 30.8 Å². The molecule has 0 spiro atoms. The van der Waals surface area contributed by atoms with Gasteiger partial charge >= 0.3 is 24.8 Å². The van der Waals surface area contributed by atoms with Crippen LogP contribution in [0.15, 0.2) is 54.0 Å². The number of rotatable bonds is 9. The Labute approximate surface area is 162 Å². The number of carbonyl (C=O) groups excluding carboxylic acids is 1. The molecule has 0 saturated carbocycles. The monoisotopic (exact) mass is 336 g/mol. The summed E-state index contributed by atoms with van der Waals surface area (Å²) in [5.41, 5.74) is 1.20. The molecule has 1 aliphatic rings. The Bertz CT molecular complexity index is 609. The molecule has 5 heteroatoms. The van der Waals surface area contributed by atoms with Gasteiger partial charge in [-0.05, 0) is 43.7 Å². The summed E-state index contributed by atoms with van der Waals surface area (Å²) < 4.78 is 10.5. The minimum absolute atomic E-state index is 0. The maximum absolute atomic E-state index is 12.0. The van der Waals surface area contributed by atoms with Gasteiger partial charge in [0.2, 0.25) is 0 Å². The molecule has 0 aliphatic carbocycles. The zero-order valence-electron chi connectivity index (χ0n) is 15.4. The molecule has 0 amide bonds. The number of ether oxygens (including phenoxy) is 2. The van der Waals surface area contributed by atoms with E-state index in [1.807, 2.05) is 30.3 Å². The van der Waals surface area contributed by atoms with Crippen LogP contribution in [0.1, 0.15) is 51.5 Å². The quantitative estimate of drug-likeness (QED) is 0.376. The Morgan fingerprint density at radius 2 is 2.00 bits per heavy atom. The molecule has 0 saturated heterocycles. The standard InChI is InChI=1S/C20H26O4.Li/c1-3-5-13-17-19(22)24-20(17,16-11-7-6-8-12-16)15-10-9-14-18(21)23-4-2;/h6-9,11-12,14,22H,3-5,10,13,15H2,1-2H3;/q;+1/p-1/b14-9+;. The van der Waals surface area contributed by atoms with Gasteiger partial charge in [0.15, 0.2) is 0 Å². The Kier molecular flexibility index (Phi) is 8.89. The predicted molar refractivity (Wildman–Crippen MR) is 90.8 cm³/mol. The van der Waals surface area contributed by atoms with Gasteiger partial charge in [-0.25, -0.2) is 4.79 Å². The predicted octanol–water partition coefficient (Wildman–Crippen LogP) is 0.578. The molecule has 0 N–H and O–H groups in total. The van der Waals surface area contributed by atoms with Gasteiger partial charge in [0.1, 0.15) is 0 Å². The molecule has 1 atom stereocenters. The van der Waals surface area contributed by atoms with Crippen LogP contribution in [0.4, 0.5) is 0 Å². The summed E-state index contributed by atoms with van der Waals surface area (Å²) in [6.07, 6.45) is 7.25. The van der Waals surface area contributed by atoms with E-state index in [1.54, 1.807) is 13.0 Å². The average Bonchev–Trinajstić information content (AvgIpc) is 2.58. The minimum Gasteiger partial charge on any atom is -0.598 e. The number of carbonyl (C=O) groups is 1. The minimum atomic E-state index is -0.646. The zero-order chi connectivity index (χ0) is 17.4. The first-order chi connectivity index (χ1) is 11.6. The molecule has 0 aromatic heterocycles. The van der Waals surface area contributed by atoms with Gasteiger partial charge in [0.05, 0.1) is 18.2 Å². The van der Waals surface area contributed by atoms with Crippen molar-refractivity contribution in [3.63, 3.8) is 0 Å². The summed E-state index contributed by atoms with van der Waals surface area (Å²) in [7, 11) is 0. The molecule has 0 bridgehead atoms. The van der Waals surface area contributed by atoms with Crippen LogP contribution in [0.3, 0.4) is 0 Å². The van der Waals surface area contributed by atoms with Crippen LogP contribution in [0.25, 0.3) is 0 Å². The van der Waals surface area contributed by atoms with Gasteiger partial charge < -0.3 is 14.6 Å². The van der Waals surface area contributed by atoms with E-state index < -0.39 is 5.60 Å². The maximum Gasteiger partial charge on any atom is 1.00 e. The van der Waals surface area contributed by atoms with Crippen molar-refractivity contribution in [2.24, 2.45) is 0 Å². The van der Waals surface area contributed by atoms with Crippen LogP contribution < -0.4 is 24.0 Å². The van der Waals surface area contributed by atoms with E-state index in [2.05, 4.69) is 6.92 Å². The largest absolute Gasteiger partial charge is 1.00 e. The molecule has 130 valence electrons. The van der Waals surface area contributed by atoms with Crippen LogP contribution in [0.5, 0.6) is 0 Å².